The molecule has 2 heterocycles. The van der Waals surface area contributed by atoms with Crippen LogP contribution < -0.4 is 0 Å². The molecule has 0 unspecified atom stereocenters. The molecule has 1 aromatic carbocycles. The van der Waals surface area contributed by atoms with Crippen molar-refractivity contribution in [3.63, 3.8) is 0 Å². The van der Waals surface area contributed by atoms with Gasteiger partial charge in [0.15, 0.2) is 5.78 Å². The highest BCUT2D eigenvalue weighted by Crippen LogP contribution is 2.43. The Morgan fingerprint density at radius 3 is 2.50 bits per heavy atom. The molecule has 2 aliphatic rings. The topological polar surface area (TPSA) is 79.7 Å². The lowest BCUT2D eigenvalue weighted by Crippen LogP contribution is -2.42. The molecule has 0 atom stereocenters. The van der Waals surface area contributed by atoms with Crippen LogP contribution in [-0.4, -0.2) is 51.5 Å². The number of carbonyl (C=O) groups excluding carboxylic acids is 2. The lowest BCUT2D eigenvalue weighted by molar-refractivity contribution is -0.0910. The average molecular weight is 416 g/mol. The Balaban J connectivity index is 1.42. The molecule has 2 fully saturated rings. The number of halogens is 2. The number of nitrogens with zero attached hydrogens (tertiary/aromatic N) is 2. The van der Waals surface area contributed by atoms with Gasteiger partial charge < -0.3 is 9.84 Å². The predicted molar refractivity (Wildman–Crippen MR) is 104 cm³/mol. The number of aliphatic hydroxyl groups excluding tert-OH is 1. The van der Waals surface area contributed by atoms with Gasteiger partial charge in [0.05, 0.1) is 25.4 Å². The van der Waals surface area contributed by atoms with E-state index < -0.39 is 17.6 Å². The van der Waals surface area contributed by atoms with E-state index in [1.807, 2.05) is 6.07 Å². The molecule has 1 amide bonds. The Labute approximate surface area is 172 Å². The molecule has 1 saturated carbocycles. The van der Waals surface area contributed by atoms with Crippen LogP contribution in [0.4, 0.5) is 13.6 Å². The monoisotopic (exact) mass is 416 g/mol. The van der Waals surface area contributed by atoms with Gasteiger partial charge in [-0.25, -0.2) is 13.6 Å². The van der Waals surface area contributed by atoms with Crippen molar-refractivity contribution >= 4 is 11.9 Å². The van der Waals surface area contributed by atoms with E-state index in [1.54, 1.807) is 36.5 Å². The number of aliphatic hydroxyl groups is 1. The van der Waals surface area contributed by atoms with Crippen molar-refractivity contribution in [2.45, 2.75) is 43.8 Å². The van der Waals surface area contributed by atoms with E-state index in [2.05, 4.69) is 4.98 Å². The van der Waals surface area contributed by atoms with Crippen molar-refractivity contribution in [1.29, 1.82) is 0 Å². The second-order valence-corrected chi connectivity index (χ2v) is 7.92. The summed E-state index contributed by atoms with van der Waals surface area (Å²) in [6.07, 6.45) is 0.546. The fourth-order valence-electron chi connectivity index (χ4n) is 4.07. The molecule has 1 aromatic heterocycles. The van der Waals surface area contributed by atoms with E-state index in [1.165, 1.54) is 4.90 Å². The number of carbonyl (C=O) groups is 2. The third-order valence-electron chi connectivity index (χ3n) is 5.83. The van der Waals surface area contributed by atoms with E-state index in [4.69, 9.17) is 4.74 Å². The van der Waals surface area contributed by atoms with Crippen molar-refractivity contribution in [3.8, 4) is 11.1 Å². The zero-order valence-corrected chi connectivity index (χ0v) is 16.3. The van der Waals surface area contributed by atoms with Gasteiger partial charge in [0.25, 0.3) is 0 Å². The van der Waals surface area contributed by atoms with Crippen molar-refractivity contribution in [2.75, 3.05) is 13.1 Å². The molecule has 8 heteroatoms. The maximum atomic E-state index is 13.4. The molecule has 2 aromatic rings. The third kappa shape index (κ3) is 4.05. The van der Waals surface area contributed by atoms with Gasteiger partial charge in [0, 0.05) is 30.2 Å². The molecule has 158 valence electrons. The number of aromatic nitrogens is 1. The molecule has 4 rings (SSSR count). The quantitative estimate of drug-likeness (QED) is 0.750. The molecule has 1 aliphatic heterocycles. The highest BCUT2D eigenvalue weighted by atomic mass is 19.3. The minimum atomic E-state index is -2.72. The van der Waals surface area contributed by atoms with Crippen LogP contribution in [0, 0.1) is 0 Å². The SMILES string of the molecule is O=C(CN1CC2(CCC(F)(F)CC2)OC1=O)c1ccc(-c2cccnc2CO)cc1. The molecular weight excluding hydrogens is 394 g/mol. The molecule has 0 radical (unpaired) electrons. The fourth-order valence-corrected chi connectivity index (χ4v) is 4.07. The lowest BCUT2D eigenvalue weighted by atomic mass is 9.82. The third-order valence-corrected chi connectivity index (χ3v) is 5.83. The Morgan fingerprint density at radius 1 is 1.13 bits per heavy atom. The number of ketones is 1. The summed E-state index contributed by atoms with van der Waals surface area (Å²) in [4.78, 5) is 30.3. The van der Waals surface area contributed by atoms with E-state index in [0.717, 1.165) is 11.1 Å². The van der Waals surface area contributed by atoms with Crippen LogP contribution in [-0.2, 0) is 11.3 Å². The Hall–Kier alpha value is -2.87. The largest absolute Gasteiger partial charge is 0.441 e. The Morgan fingerprint density at radius 2 is 1.83 bits per heavy atom. The van der Waals surface area contributed by atoms with E-state index in [9.17, 15) is 23.5 Å². The number of Topliss-reactive ketones (excluding diaryl/α,β-unsaturated/α-hetero) is 1. The van der Waals surface area contributed by atoms with Crippen LogP contribution in [0.2, 0.25) is 0 Å². The van der Waals surface area contributed by atoms with E-state index in [0.29, 0.717) is 11.3 Å². The second kappa shape index (κ2) is 7.75. The zero-order valence-electron chi connectivity index (χ0n) is 16.3. The summed E-state index contributed by atoms with van der Waals surface area (Å²) in [5.41, 5.74) is 1.64. The molecule has 6 nitrogen and oxygen atoms in total. The summed E-state index contributed by atoms with van der Waals surface area (Å²) < 4.78 is 32.3. The fraction of sp³-hybridized carbons (Fsp3) is 0.409. The summed E-state index contributed by atoms with van der Waals surface area (Å²) in [5, 5.41) is 9.43. The summed E-state index contributed by atoms with van der Waals surface area (Å²) in [6.45, 7) is -0.200. The molecule has 1 N–H and O–H groups in total. The summed E-state index contributed by atoms with van der Waals surface area (Å²) >= 11 is 0. The van der Waals surface area contributed by atoms with Crippen molar-refractivity contribution in [1.82, 2.24) is 9.88 Å². The van der Waals surface area contributed by atoms with Gasteiger partial charge in [-0.05, 0) is 24.5 Å². The van der Waals surface area contributed by atoms with Crippen molar-refractivity contribution < 1.29 is 28.2 Å². The molecule has 0 bridgehead atoms. The summed E-state index contributed by atoms with van der Waals surface area (Å²) in [6, 6.07) is 10.4. The smallest absolute Gasteiger partial charge is 0.410 e. The predicted octanol–water partition coefficient (Wildman–Crippen LogP) is 3.82. The first-order valence-electron chi connectivity index (χ1n) is 9.85. The maximum absolute atomic E-state index is 13.4. The normalized spacial score (nSPS) is 19.7. The van der Waals surface area contributed by atoms with Gasteiger partial charge >= 0.3 is 6.09 Å². The number of ether oxygens (including phenoxy) is 1. The first-order chi connectivity index (χ1) is 14.3. The number of benzene rings is 1. The van der Waals surface area contributed by atoms with E-state index >= 15 is 0 Å². The van der Waals surface area contributed by atoms with Gasteiger partial charge in [-0.2, -0.15) is 0 Å². The molecular formula is C22H22F2N2O4. The first-order valence-corrected chi connectivity index (χ1v) is 9.85. The van der Waals surface area contributed by atoms with Crippen LogP contribution in [0.25, 0.3) is 11.1 Å². The number of amides is 1. The zero-order chi connectivity index (χ0) is 21.4. The van der Waals surface area contributed by atoms with Gasteiger partial charge in [-0.15, -0.1) is 0 Å². The highest BCUT2D eigenvalue weighted by molar-refractivity contribution is 5.99. The molecule has 30 heavy (non-hydrogen) atoms. The van der Waals surface area contributed by atoms with Crippen LogP contribution in [0.3, 0.4) is 0 Å². The Bertz CT molecular complexity index is 952. The van der Waals surface area contributed by atoms with E-state index in [-0.39, 0.29) is 51.2 Å². The van der Waals surface area contributed by atoms with Crippen molar-refractivity contribution in [2.24, 2.45) is 0 Å². The van der Waals surface area contributed by atoms with Crippen LogP contribution in [0.15, 0.2) is 42.6 Å². The van der Waals surface area contributed by atoms with Crippen LogP contribution in [0.1, 0.15) is 41.7 Å². The average Bonchev–Trinajstić information content (AvgIpc) is 3.05. The number of hydrogen-bond acceptors (Lipinski definition) is 5. The minimum Gasteiger partial charge on any atom is -0.441 e. The van der Waals surface area contributed by atoms with Gasteiger partial charge in [0.1, 0.15) is 5.60 Å². The minimum absolute atomic E-state index is 0.101. The van der Waals surface area contributed by atoms with Crippen LogP contribution in [0.5, 0.6) is 0 Å². The maximum Gasteiger partial charge on any atom is 0.410 e. The standard InChI is InChI=1S/C22H22F2N2O4/c23-22(24)9-7-21(8-10-22)14-26(20(29)30-21)12-19(28)16-5-3-15(4-6-16)17-2-1-11-25-18(17)13-27/h1-6,11,27H,7-10,12-14H2. The number of hydrogen-bond donors (Lipinski definition) is 1. The van der Waals surface area contributed by atoms with Crippen LogP contribution >= 0.6 is 0 Å². The Kier molecular flexibility index (Phi) is 5.27. The van der Waals surface area contributed by atoms with Gasteiger partial charge in [-0.3, -0.25) is 14.7 Å². The summed E-state index contributed by atoms with van der Waals surface area (Å²) in [7, 11) is 0. The second-order valence-electron chi connectivity index (χ2n) is 7.92. The summed E-state index contributed by atoms with van der Waals surface area (Å²) in [5.74, 6) is -2.97. The highest BCUT2D eigenvalue weighted by Gasteiger charge is 2.51. The lowest BCUT2D eigenvalue weighted by Gasteiger charge is -2.34. The first kappa shape index (κ1) is 20.4. The number of alkyl halides is 2. The molecule has 1 spiro atoms. The number of pyridine rings is 1. The van der Waals surface area contributed by atoms with Gasteiger partial charge in [0.2, 0.25) is 5.92 Å². The number of rotatable bonds is 5. The molecule has 1 aliphatic carbocycles. The van der Waals surface area contributed by atoms with Gasteiger partial charge in [-0.1, -0.05) is 30.3 Å². The molecule has 1 saturated heterocycles. The van der Waals surface area contributed by atoms with Crippen molar-refractivity contribution in [3.05, 3.63) is 53.9 Å².